The summed E-state index contributed by atoms with van der Waals surface area (Å²) < 4.78 is 0. The summed E-state index contributed by atoms with van der Waals surface area (Å²) in [5, 5.41) is 13.9. The lowest BCUT2D eigenvalue weighted by molar-refractivity contribution is -0.116. The topological polar surface area (TPSA) is 85.2 Å². The second-order valence-electron chi connectivity index (χ2n) is 8.60. The first-order valence-electron chi connectivity index (χ1n) is 11.5. The Labute approximate surface area is 204 Å². The van der Waals surface area contributed by atoms with Crippen molar-refractivity contribution in [1.29, 1.82) is 0 Å². The van der Waals surface area contributed by atoms with Gasteiger partial charge >= 0.3 is 6.03 Å². The van der Waals surface area contributed by atoms with E-state index in [0.29, 0.717) is 48.8 Å². The van der Waals surface area contributed by atoms with Gasteiger partial charge in [-0.15, -0.1) is 0 Å². The zero-order chi connectivity index (χ0) is 23.9. The maximum Gasteiger partial charge on any atom is 0.321 e. The molecule has 0 aromatic heterocycles. The van der Waals surface area contributed by atoms with E-state index >= 15 is 0 Å². The Morgan fingerprint density at radius 3 is 2.56 bits per heavy atom. The summed E-state index contributed by atoms with van der Waals surface area (Å²) in [5.74, 6) is 0.0621. The molecule has 1 aliphatic heterocycles. The van der Waals surface area contributed by atoms with Crippen LogP contribution in [0.15, 0.2) is 70.9 Å². The highest BCUT2D eigenvalue weighted by molar-refractivity contribution is 6.30. The number of rotatable bonds is 6. The standard InChI is InChI=1S/C26H29ClN4O3/c27-21-7-4-8-22(17-21)29-26(34)31-13-11-30(12-14-31)10-9-28-18-23-24(32)15-20(16-25(23)33)19-5-2-1-3-6-19/h1-8,17-18,20,32H,9-16H2,(H,29,34). The molecule has 0 radical (unpaired) electrons. The van der Waals surface area contributed by atoms with Crippen LogP contribution in [0.1, 0.15) is 24.3 Å². The number of halogens is 1. The molecule has 1 heterocycles. The second-order valence-corrected chi connectivity index (χ2v) is 9.04. The molecule has 2 aliphatic rings. The van der Waals surface area contributed by atoms with Crippen LogP contribution in [-0.4, -0.2) is 72.2 Å². The third kappa shape index (κ3) is 6.24. The van der Waals surface area contributed by atoms with E-state index in [1.54, 1.807) is 23.1 Å². The lowest BCUT2D eigenvalue weighted by Gasteiger charge is -2.34. The Balaban J connectivity index is 1.21. The number of amides is 2. The van der Waals surface area contributed by atoms with Gasteiger partial charge in [0.25, 0.3) is 0 Å². The lowest BCUT2D eigenvalue weighted by Crippen LogP contribution is -2.50. The van der Waals surface area contributed by atoms with Crippen molar-refractivity contribution < 1.29 is 14.7 Å². The number of ketones is 1. The van der Waals surface area contributed by atoms with Crippen LogP contribution < -0.4 is 5.32 Å². The minimum Gasteiger partial charge on any atom is -0.511 e. The van der Waals surface area contributed by atoms with Gasteiger partial charge in [0, 0.05) is 62.5 Å². The van der Waals surface area contributed by atoms with E-state index in [4.69, 9.17) is 11.6 Å². The third-order valence-electron chi connectivity index (χ3n) is 6.25. The van der Waals surface area contributed by atoms with Gasteiger partial charge in [0.2, 0.25) is 0 Å². The number of carbonyl (C=O) groups is 2. The highest BCUT2D eigenvalue weighted by atomic mass is 35.5. The summed E-state index contributed by atoms with van der Waals surface area (Å²) in [6, 6.07) is 16.8. The number of nitrogens with zero attached hydrogens (tertiary/aromatic N) is 3. The van der Waals surface area contributed by atoms with Gasteiger partial charge in [0.1, 0.15) is 5.76 Å². The van der Waals surface area contributed by atoms with Gasteiger partial charge in [0.05, 0.1) is 12.1 Å². The monoisotopic (exact) mass is 480 g/mol. The first-order chi connectivity index (χ1) is 16.5. The molecule has 7 nitrogen and oxygen atoms in total. The molecule has 1 fully saturated rings. The van der Waals surface area contributed by atoms with Gasteiger partial charge in [0.15, 0.2) is 5.78 Å². The number of Topliss-reactive ketones (excluding diaryl/α,β-unsaturated/α-hetero) is 1. The fourth-order valence-electron chi connectivity index (χ4n) is 4.32. The van der Waals surface area contributed by atoms with E-state index in [2.05, 4.69) is 15.2 Å². The van der Waals surface area contributed by atoms with Crippen molar-refractivity contribution in [1.82, 2.24) is 9.80 Å². The number of hydrogen-bond acceptors (Lipinski definition) is 5. The molecule has 1 unspecified atom stereocenters. The Morgan fingerprint density at radius 2 is 1.85 bits per heavy atom. The number of benzene rings is 2. The quantitative estimate of drug-likeness (QED) is 0.595. The maximum atomic E-state index is 12.6. The van der Waals surface area contributed by atoms with Crippen molar-refractivity contribution in [3.05, 3.63) is 76.5 Å². The SMILES string of the molecule is O=C1CC(c2ccccc2)CC(O)=C1C=NCCN1CCN(C(=O)Nc2cccc(Cl)c2)CC1. The van der Waals surface area contributed by atoms with Crippen LogP contribution in [-0.2, 0) is 4.79 Å². The van der Waals surface area contributed by atoms with Gasteiger partial charge in [-0.1, -0.05) is 48.0 Å². The number of aliphatic imine (C=N–C) groups is 1. The first kappa shape index (κ1) is 24.0. The largest absolute Gasteiger partial charge is 0.511 e. The number of aliphatic hydroxyl groups excluding tert-OH is 1. The fourth-order valence-corrected chi connectivity index (χ4v) is 4.51. The molecule has 0 bridgehead atoms. The fraction of sp³-hybridized carbons (Fsp3) is 0.346. The Hall–Kier alpha value is -3.16. The first-order valence-corrected chi connectivity index (χ1v) is 11.9. The number of urea groups is 1. The second kappa shape index (κ2) is 11.3. The van der Waals surface area contributed by atoms with E-state index in [1.165, 1.54) is 6.21 Å². The van der Waals surface area contributed by atoms with Crippen LogP contribution in [0, 0.1) is 0 Å². The Bertz CT molecular complexity index is 1080. The number of carbonyl (C=O) groups excluding carboxylic acids is 2. The number of piperazine rings is 1. The van der Waals surface area contributed by atoms with Crippen molar-refractivity contribution in [2.75, 3.05) is 44.6 Å². The predicted octanol–water partition coefficient (Wildman–Crippen LogP) is 4.52. The molecule has 1 atom stereocenters. The smallest absolute Gasteiger partial charge is 0.321 e. The zero-order valence-electron chi connectivity index (χ0n) is 19.0. The van der Waals surface area contributed by atoms with Crippen LogP contribution in [0.5, 0.6) is 0 Å². The minimum absolute atomic E-state index is 0.0122. The normalized spacial score (nSPS) is 19.6. The summed E-state index contributed by atoms with van der Waals surface area (Å²) in [5.41, 5.74) is 2.08. The lowest BCUT2D eigenvalue weighted by atomic mass is 9.83. The van der Waals surface area contributed by atoms with E-state index in [9.17, 15) is 14.7 Å². The predicted molar refractivity (Wildman–Crippen MR) is 135 cm³/mol. The van der Waals surface area contributed by atoms with Crippen molar-refractivity contribution in [2.45, 2.75) is 18.8 Å². The summed E-state index contributed by atoms with van der Waals surface area (Å²) in [4.78, 5) is 33.4. The summed E-state index contributed by atoms with van der Waals surface area (Å²) >= 11 is 5.97. The van der Waals surface area contributed by atoms with Crippen LogP contribution in [0.25, 0.3) is 0 Å². The van der Waals surface area contributed by atoms with Crippen LogP contribution in [0.2, 0.25) is 5.02 Å². The number of anilines is 1. The maximum absolute atomic E-state index is 12.6. The Kier molecular flexibility index (Phi) is 7.98. The van der Waals surface area contributed by atoms with Crippen molar-refractivity contribution in [3.63, 3.8) is 0 Å². The van der Waals surface area contributed by atoms with Crippen LogP contribution >= 0.6 is 11.6 Å². The molecule has 2 N–H and O–H groups in total. The van der Waals surface area contributed by atoms with Gasteiger partial charge in [-0.25, -0.2) is 4.79 Å². The van der Waals surface area contributed by atoms with E-state index in [0.717, 1.165) is 25.2 Å². The average molecular weight is 481 g/mol. The molecule has 8 heteroatoms. The number of aliphatic hydroxyl groups is 1. The van der Waals surface area contributed by atoms with Crippen molar-refractivity contribution >= 4 is 35.3 Å². The molecule has 2 aromatic rings. The summed E-state index contributed by atoms with van der Waals surface area (Å²) in [6.07, 6.45) is 2.36. The van der Waals surface area contributed by atoms with Crippen LogP contribution in [0.3, 0.4) is 0 Å². The van der Waals surface area contributed by atoms with Crippen molar-refractivity contribution in [2.24, 2.45) is 4.99 Å². The van der Waals surface area contributed by atoms with E-state index in [-0.39, 0.29) is 23.5 Å². The third-order valence-corrected chi connectivity index (χ3v) is 6.49. The summed E-state index contributed by atoms with van der Waals surface area (Å²) in [7, 11) is 0. The number of allylic oxidation sites excluding steroid dienone is 2. The van der Waals surface area contributed by atoms with Gasteiger partial charge in [-0.3, -0.25) is 14.7 Å². The molecule has 4 rings (SSSR count). The van der Waals surface area contributed by atoms with Gasteiger partial charge in [-0.2, -0.15) is 0 Å². The molecule has 1 saturated heterocycles. The molecule has 0 saturated carbocycles. The molecule has 2 amide bonds. The number of nitrogens with one attached hydrogen (secondary N) is 1. The van der Waals surface area contributed by atoms with Crippen LogP contribution in [0.4, 0.5) is 10.5 Å². The average Bonchev–Trinajstić information content (AvgIpc) is 2.84. The molecule has 1 aliphatic carbocycles. The minimum atomic E-state index is -0.132. The van der Waals surface area contributed by atoms with Gasteiger partial charge in [-0.05, 0) is 29.7 Å². The van der Waals surface area contributed by atoms with E-state index < -0.39 is 0 Å². The Morgan fingerprint density at radius 1 is 1.09 bits per heavy atom. The molecule has 178 valence electrons. The molecule has 2 aromatic carbocycles. The molecule has 0 spiro atoms. The zero-order valence-corrected chi connectivity index (χ0v) is 19.7. The van der Waals surface area contributed by atoms with Crippen molar-refractivity contribution in [3.8, 4) is 0 Å². The highest BCUT2D eigenvalue weighted by Gasteiger charge is 2.27. The molecular formula is C26H29ClN4O3. The van der Waals surface area contributed by atoms with Gasteiger partial charge < -0.3 is 15.3 Å². The van der Waals surface area contributed by atoms with E-state index in [1.807, 2.05) is 36.4 Å². The molecular weight excluding hydrogens is 452 g/mol. The number of hydrogen-bond donors (Lipinski definition) is 2. The highest BCUT2D eigenvalue weighted by Crippen LogP contribution is 2.32. The molecule has 34 heavy (non-hydrogen) atoms. The summed E-state index contributed by atoms with van der Waals surface area (Å²) in [6.45, 7) is 4.02.